The van der Waals surface area contributed by atoms with Gasteiger partial charge in [0.25, 0.3) is 0 Å². The molecule has 0 bridgehead atoms. The third-order valence-electron chi connectivity index (χ3n) is 2.94. The number of amides is 2. The Morgan fingerprint density at radius 3 is 2.84 bits per heavy atom. The van der Waals surface area contributed by atoms with Gasteiger partial charge in [0.05, 0.1) is 11.8 Å². The topological polar surface area (TPSA) is 52.6 Å². The fourth-order valence-electron chi connectivity index (χ4n) is 2.05. The van der Waals surface area contributed by atoms with Crippen LogP contribution in [-0.4, -0.2) is 40.5 Å². The summed E-state index contributed by atoms with van der Waals surface area (Å²) in [5, 5.41) is 12.9. The van der Waals surface area contributed by atoms with Crippen LogP contribution in [0.1, 0.15) is 20.3 Å². The van der Waals surface area contributed by atoms with E-state index in [1.165, 1.54) is 0 Å². The van der Waals surface area contributed by atoms with Crippen molar-refractivity contribution >= 4 is 23.5 Å². The Balaban J connectivity index is 2.04. The molecule has 1 aliphatic rings. The van der Waals surface area contributed by atoms with E-state index in [1.54, 1.807) is 16.7 Å². The van der Waals surface area contributed by atoms with Crippen molar-refractivity contribution in [1.29, 1.82) is 0 Å². The number of urea groups is 1. The molecule has 0 aliphatic carbocycles. The molecular formula is C14H20N2O2S. The zero-order valence-electron chi connectivity index (χ0n) is 11.3. The van der Waals surface area contributed by atoms with Crippen LogP contribution in [0.4, 0.5) is 10.5 Å². The largest absolute Gasteiger partial charge is 0.391 e. The van der Waals surface area contributed by atoms with Gasteiger partial charge in [-0.1, -0.05) is 26.0 Å². The molecule has 0 unspecified atom stereocenters. The van der Waals surface area contributed by atoms with E-state index in [0.29, 0.717) is 24.8 Å². The van der Waals surface area contributed by atoms with Gasteiger partial charge in [-0.15, -0.1) is 11.8 Å². The molecule has 1 aromatic rings. The lowest BCUT2D eigenvalue weighted by molar-refractivity contribution is 0.176. The summed E-state index contributed by atoms with van der Waals surface area (Å²) in [6.07, 6.45) is 0.279. The molecule has 104 valence electrons. The van der Waals surface area contributed by atoms with Gasteiger partial charge >= 0.3 is 6.03 Å². The molecule has 1 aromatic carbocycles. The van der Waals surface area contributed by atoms with E-state index < -0.39 is 0 Å². The number of hydrogen-bond acceptors (Lipinski definition) is 3. The zero-order valence-corrected chi connectivity index (χ0v) is 12.1. The summed E-state index contributed by atoms with van der Waals surface area (Å²) >= 11 is 1.73. The summed E-state index contributed by atoms with van der Waals surface area (Å²) in [5.41, 5.74) is 0.840. The number of carbonyl (C=O) groups excluding carboxylic acids is 1. The second kappa shape index (κ2) is 6.30. The van der Waals surface area contributed by atoms with Crippen molar-refractivity contribution in [3.05, 3.63) is 24.3 Å². The molecule has 0 spiro atoms. The second-order valence-corrected chi connectivity index (χ2v) is 6.60. The number of anilines is 1. The number of thioether (sulfide) groups is 1. The number of nitrogens with one attached hydrogen (secondary N) is 1. The van der Waals surface area contributed by atoms with E-state index in [9.17, 15) is 9.90 Å². The molecule has 1 aliphatic heterocycles. The summed E-state index contributed by atoms with van der Waals surface area (Å²) in [5.74, 6) is 0. The molecule has 4 nitrogen and oxygen atoms in total. The lowest BCUT2D eigenvalue weighted by Crippen LogP contribution is -2.33. The van der Waals surface area contributed by atoms with Gasteiger partial charge in [0.2, 0.25) is 0 Å². The minimum Gasteiger partial charge on any atom is -0.391 e. The van der Waals surface area contributed by atoms with Crippen molar-refractivity contribution in [1.82, 2.24) is 4.90 Å². The first-order valence-electron chi connectivity index (χ1n) is 6.56. The van der Waals surface area contributed by atoms with Crippen molar-refractivity contribution in [3.63, 3.8) is 0 Å². The molecule has 0 aromatic heterocycles. The number of nitrogens with zero attached hydrogens (tertiary/aromatic N) is 1. The third-order valence-corrected chi connectivity index (χ3v) is 4.02. The molecule has 2 amide bonds. The molecule has 1 fully saturated rings. The van der Waals surface area contributed by atoms with Crippen molar-refractivity contribution in [2.45, 2.75) is 36.5 Å². The number of aliphatic hydroxyl groups excluding tert-OH is 1. The monoisotopic (exact) mass is 280 g/mol. The molecule has 1 heterocycles. The minimum atomic E-state index is -0.383. The maximum Gasteiger partial charge on any atom is 0.321 e. The first-order valence-corrected chi connectivity index (χ1v) is 7.44. The Kier molecular flexibility index (Phi) is 4.71. The normalized spacial score (nSPS) is 18.9. The first-order chi connectivity index (χ1) is 9.06. The van der Waals surface area contributed by atoms with Gasteiger partial charge in [-0.05, 0) is 18.6 Å². The van der Waals surface area contributed by atoms with Gasteiger partial charge in [-0.3, -0.25) is 0 Å². The van der Waals surface area contributed by atoms with Gasteiger partial charge in [-0.25, -0.2) is 4.79 Å². The number of β-amino-alcohol motifs (C(OH)–C–C–N with tert-alkyl or cyclic N) is 1. The fourth-order valence-corrected chi connectivity index (χ4v) is 2.96. The highest BCUT2D eigenvalue weighted by molar-refractivity contribution is 8.00. The molecule has 19 heavy (non-hydrogen) atoms. The van der Waals surface area contributed by atoms with Crippen LogP contribution >= 0.6 is 11.8 Å². The number of likely N-dealkylation sites (tertiary alicyclic amines) is 1. The lowest BCUT2D eigenvalue weighted by atomic mass is 10.3. The van der Waals surface area contributed by atoms with E-state index in [4.69, 9.17) is 0 Å². The number of aliphatic hydroxyl groups is 1. The van der Waals surface area contributed by atoms with Crippen molar-refractivity contribution < 1.29 is 9.90 Å². The van der Waals surface area contributed by atoms with E-state index in [-0.39, 0.29) is 12.1 Å². The summed E-state index contributed by atoms with van der Waals surface area (Å²) < 4.78 is 0. The van der Waals surface area contributed by atoms with E-state index in [2.05, 4.69) is 19.2 Å². The highest BCUT2D eigenvalue weighted by Crippen LogP contribution is 2.30. The SMILES string of the molecule is CC(C)Sc1ccccc1NC(=O)N1CC[C@@H](O)C1. The molecule has 1 atom stereocenters. The number of para-hydroxylation sites is 1. The van der Waals surface area contributed by atoms with E-state index in [0.717, 1.165) is 10.6 Å². The number of carbonyl (C=O) groups is 1. The number of rotatable bonds is 3. The van der Waals surface area contributed by atoms with Crippen LogP contribution in [0.3, 0.4) is 0 Å². The predicted octanol–water partition coefficient (Wildman–Crippen LogP) is 2.79. The van der Waals surface area contributed by atoms with Gasteiger partial charge in [0.1, 0.15) is 0 Å². The quantitative estimate of drug-likeness (QED) is 0.837. The van der Waals surface area contributed by atoms with Crippen molar-refractivity contribution in [2.75, 3.05) is 18.4 Å². The maximum absolute atomic E-state index is 12.1. The molecule has 0 saturated carbocycles. The molecule has 1 saturated heterocycles. The standard InChI is InChI=1S/C14H20N2O2S/c1-10(2)19-13-6-4-3-5-12(13)15-14(18)16-8-7-11(17)9-16/h3-6,10-11,17H,7-9H2,1-2H3,(H,15,18)/t11-/m1/s1. The summed E-state index contributed by atoms with van der Waals surface area (Å²) in [6.45, 7) is 5.29. The van der Waals surface area contributed by atoms with Gasteiger partial charge < -0.3 is 15.3 Å². The predicted molar refractivity (Wildman–Crippen MR) is 78.7 cm³/mol. The highest BCUT2D eigenvalue weighted by Gasteiger charge is 2.24. The highest BCUT2D eigenvalue weighted by atomic mass is 32.2. The Hall–Kier alpha value is -1.20. The van der Waals surface area contributed by atoms with Crippen molar-refractivity contribution in [3.8, 4) is 0 Å². The van der Waals surface area contributed by atoms with Crippen LogP contribution in [0.2, 0.25) is 0 Å². The minimum absolute atomic E-state index is 0.131. The van der Waals surface area contributed by atoms with Gasteiger partial charge in [0.15, 0.2) is 0 Å². The Morgan fingerprint density at radius 1 is 1.47 bits per heavy atom. The summed E-state index contributed by atoms with van der Waals surface area (Å²) in [4.78, 5) is 14.8. The average molecular weight is 280 g/mol. The maximum atomic E-state index is 12.1. The van der Waals surface area contributed by atoms with Gasteiger partial charge in [0, 0.05) is 23.2 Å². The van der Waals surface area contributed by atoms with Crippen LogP contribution in [0.5, 0.6) is 0 Å². The first kappa shape index (κ1) is 14.2. The van der Waals surface area contributed by atoms with Crippen LogP contribution in [0.15, 0.2) is 29.2 Å². The van der Waals surface area contributed by atoms with Crippen LogP contribution < -0.4 is 5.32 Å². The van der Waals surface area contributed by atoms with E-state index in [1.807, 2.05) is 24.3 Å². The number of benzene rings is 1. The van der Waals surface area contributed by atoms with Crippen LogP contribution in [0, 0.1) is 0 Å². The van der Waals surface area contributed by atoms with Crippen molar-refractivity contribution in [2.24, 2.45) is 0 Å². The second-order valence-electron chi connectivity index (χ2n) is 4.98. The number of hydrogen-bond donors (Lipinski definition) is 2. The summed E-state index contributed by atoms with van der Waals surface area (Å²) in [6, 6.07) is 7.68. The van der Waals surface area contributed by atoms with Gasteiger partial charge in [-0.2, -0.15) is 0 Å². The smallest absolute Gasteiger partial charge is 0.321 e. The Bertz CT molecular complexity index is 451. The summed E-state index contributed by atoms with van der Waals surface area (Å²) in [7, 11) is 0. The average Bonchev–Trinajstić information content (AvgIpc) is 2.78. The molecule has 5 heteroatoms. The molecule has 0 radical (unpaired) electrons. The van der Waals surface area contributed by atoms with Crippen LogP contribution in [0.25, 0.3) is 0 Å². The zero-order chi connectivity index (χ0) is 13.8. The molecular weight excluding hydrogens is 260 g/mol. The third kappa shape index (κ3) is 3.88. The molecule has 2 N–H and O–H groups in total. The van der Waals surface area contributed by atoms with Crippen LogP contribution in [-0.2, 0) is 0 Å². The Morgan fingerprint density at radius 2 is 2.21 bits per heavy atom. The Labute approximate surface area is 118 Å². The molecule has 2 rings (SSSR count). The lowest BCUT2D eigenvalue weighted by Gasteiger charge is -2.18. The van der Waals surface area contributed by atoms with E-state index >= 15 is 0 Å². The fraction of sp³-hybridized carbons (Fsp3) is 0.500.